The minimum atomic E-state index is -3.20. The van der Waals surface area contributed by atoms with E-state index in [1.165, 1.54) is 11.3 Å². The van der Waals surface area contributed by atoms with Gasteiger partial charge in [0.1, 0.15) is 11.5 Å². The first-order valence-electron chi connectivity index (χ1n) is 9.51. The van der Waals surface area contributed by atoms with Gasteiger partial charge in [0, 0.05) is 31.1 Å². The van der Waals surface area contributed by atoms with Crippen molar-refractivity contribution in [1.82, 2.24) is 14.9 Å². The van der Waals surface area contributed by atoms with E-state index < -0.39 is 10.0 Å². The molecule has 10 heteroatoms. The molecule has 2 aromatic heterocycles. The number of sulfonamides is 1. The third-order valence-electron chi connectivity index (χ3n) is 4.65. The van der Waals surface area contributed by atoms with Gasteiger partial charge < -0.3 is 14.5 Å². The molecule has 1 aliphatic heterocycles. The van der Waals surface area contributed by atoms with E-state index >= 15 is 0 Å². The smallest absolute Gasteiger partial charge is 0.261 e. The number of nitrogens with one attached hydrogen (secondary N) is 2. The van der Waals surface area contributed by atoms with Crippen molar-refractivity contribution < 1.29 is 22.4 Å². The highest BCUT2D eigenvalue weighted by atomic mass is 32.2. The summed E-state index contributed by atoms with van der Waals surface area (Å²) in [5.74, 6) is 1.54. The maximum absolute atomic E-state index is 12.6. The third-order valence-corrected chi connectivity index (χ3v) is 6.53. The molecule has 0 aromatic carbocycles. The SMILES string of the molecule is Cc1ccc(C(CNC(=O)c2ccc(CCNS(C)(=O)=O)s2)N2CCOCC2)o1. The van der Waals surface area contributed by atoms with Crippen molar-refractivity contribution in [3.8, 4) is 0 Å². The predicted molar refractivity (Wildman–Crippen MR) is 112 cm³/mol. The van der Waals surface area contributed by atoms with Gasteiger partial charge in [0.05, 0.1) is 30.4 Å². The van der Waals surface area contributed by atoms with Gasteiger partial charge in [0.2, 0.25) is 10.0 Å². The number of ether oxygens (including phenoxy) is 1. The normalized spacial score (nSPS) is 16.6. The zero-order valence-corrected chi connectivity index (χ0v) is 18.3. The lowest BCUT2D eigenvalue weighted by molar-refractivity contribution is 0.0117. The van der Waals surface area contributed by atoms with Crippen molar-refractivity contribution >= 4 is 27.3 Å². The molecule has 3 heterocycles. The first kappa shape index (κ1) is 22.0. The summed E-state index contributed by atoms with van der Waals surface area (Å²) in [7, 11) is -3.20. The second kappa shape index (κ2) is 9.86. The molecule has 160 valence electrons. The molecule has 2 N–H and O–H groups in total. The zero-order valence-electron chi connectivity index (χ0n) is 16.6. The molecule has 0 saturated carbocycles. The monoisotopic (exact) mass is 441 g/mol. The van der Waals surface area contributed by atoms with Crippen LogP contribution in [0, 0.1) is 6.92 Å². The summed E-state index contributed by atoms with van der Waals surface area (Å²) in [6.45, 7) is 5.57. The van der Waals surface area contributed by atoms with Crippen LogP contribution in [0.25, 0.3) is 0 Å². The molecule has 0 spiro atoms. The number of rotatable bonds is 9. The molecule has 1 saturated heterocycles. The van der Waals surface area contributed by atoms with Gasteiger partial charge in [-0.05, 0) is 37.6 Å². The highest BCUT2D eigenvalue weighted by Crippen LogP contribution is 2.24. The molecular formula is C19H27N3O5S2. The van der Waals surface area contributed by atoms with Crippen LogP contribution in [-0.2, 0) is 21.2 Å². The van der Waals surface area contributed by atoms with E-state index in [0.717, 1.165) is 35.7 Å². The van der Waals surface area contributed by atoms with Crippen molar-refractivity contribution in [1.29, 1.82) is 0 Å². The second-order valence-corrected chi connectivity index (χ2v) is 10.0. The van der Waals surface area contributed by atoms with Gasteiger partial charge in [-0.2, -0.15) is 0 Å². The summed E-state index contributed by atoms with van der Waals surface area (Å²) in [6, 6.07) is 7.48. The fourth-order valence-electron chi connectivity index (χ4n) is 3.20. The minimum absolute atomic E-state index is 0.0463. The molecule has 2 aromatic rings. The van der Waals surface area contributed by atoms with E-state index in [1.807, 2.05) is 25.1 Å². The Morgan fingerprint density at radius 1 is 1.24 bits per heavy atom. The summed E-state index contributed by atoms with van der Waals surface area (Å²) in [5.41, 5.74) is 0. The van der Waals surface area contributed by atoms with Crippen LogP contribution in [0.2, 0.25) is 0 Å². The number of aryl methyl sites for hydroxylation is 1. The average Bonchev–Trinajstić information content (AvgIpc) is 3.31. The third kappa shape index (κ3) is 6.65. The first-order valence-corrected chi connectivity index (χ1v) is 12.2. The average molecular weight is 442 g/mol. The Hall–Kier alpha value is -1.72. The number of carbonyl (C=O) groups is 1. The van der Waals surface area contributed by atoms with Crippen molar-refractivity contribution in [2.24, 2.45) is 0 Å². The molecule has 1 aliphatic rings. The van der Waals surface area contributed by atoms with Gasteiger partial charge in [0.25, 0.3) is 5.91 Å². The minimum Gasteiger partial charge on any atom is -0.465 e. The number of hydrogen-bond acceptors (Lipinski definition) is 7. The number of morpholine rings is 1. The van der Waals surface area contributed by atoms with E-state index in [4.69, 9.17) is 9.15 Å². The molecule has 8 nitrogen and oxygen atoms in total. The van der Waals surface area contributed by atoms with Crippen LogP contribution in [0.4, 0.5) is 0 Å². The molecule has 1 amide bonds. The Morgan fingerprint density at radius 2 is 2.00 bits per heavy atom. The summed E-state index contributed by atoms with van der Waals surface area (Å²) < 4.78 is 36.0. The van der Waals surface area contributed by atoms with Crippen LogP contribution >= 0.6 is 11.3 Å². The topological polar surface area (TPSA) is 101 Å². The molecule has 29 heavy (non-hydrogen) atoms. The largest absolute Gasteiger partial charge is 0.465 e. The van der Waals surface area contributed by atoms with Crippen molar-refractivity contribution in [2.75, 3.05) is 45.6 Å². The molecule has 3 rings (SSSR count). The second-order valence-electron chi connectivity index (χ2n) is 7.01. The first-order chi connectivity index (χ1) is 13.8. The molecule has 1 atom stereocenters. The van der Waals surface area contributed by atoms with Crippen molar-refractivity contribution in [3.63, 3.8) is 0 Å². The standard InChI is InChI=1S/C19H27N3O5S2/c1-14-3-5-17(27-14)16(22-9-11-26-12-10-22)13-20-19(23)18-6-4-15(28-18)7-8-21-29(2,24)25/h3-6,16,21H,7-13H2,1-2H3,(H,20,23). The Labute approximate surface area is 175 Å². The fourth-order valence-corrected chi connectivity index (χ4v) is 4.60. The van der Waals surface area contributed by atoms with Gasteiger partial charge in [-0.3, -0.25) is 9.69 Å². The van der Waals surface area contributed by atoms with Gasteiger partial charge in [0.15, 0.2) is 0 Å². The van der Waals surface area contributed by atoms with E-state index in [9.17, 15) is 13.2 Å². The Bertz CT molecular complexity index is 916. The Balaban J connectivity index is 1.58. The van der Waals surface area contributed by atoms with E-state index in [1.54, 1.807) is 6.07 Å². The lowest BCUT2D eigenvalue weighted by atomic mass is 10.1. The number of nitrogens with zero attached hydrogens (tertiary/aromatic N) is 1. The van der Waals surface area contributed by atoms with Gasteiger partial charge in [-0.15, -0.1) is 11.3 Å². The van der Waals surface area contributed by atoms with Crippen LogP contribution in [0.1, 0.15) is 32.1 Å². The Morgan fingerprint density at radius 3 is 2.66 bits per heavy atom. The Kier molecular flexibility index (Phi) is 7.47. The maximum atomic E-state index is 12.6. The molecule has 0 bridgehead atoms. The summed E-state index contributed by atoms with van der Waals surface area (Å²) in [4.78, 5) is 16.5. The van der Waals surface area contributed by atoms with Crippen molar-refractivity contribution in [2.45, 2.75) is 19.4 Å². The number of furan rings is 1. The van der Waals surface area contributed by atoms with Crippen LogP contribution < -0.4 is 10.0 Å². The molecule has 0 radical (unpaired) electrons. The number of carbonyl (C=O) groups excluding carboxylic acids is 1. The maximum Gasteiger partial charge on any atom is 0.261 e. The predicted octanol–water partition coefficient (Wildman–Crippen LogP) is 1.54. The van der Waals surface area contributed by atoms with E-state index in [-0.39, 0.29) is 11.9 Å². The van der Waals surface area contributed by atoms with Crippen LogP contribution in [0.5, 0.6) is 0 Å². The summed E-state index contributed by atoms with van der Waals surface area (Å²) >= 11 is 1.37. The van der Waals surface area contributed by atoms with Gasteiger partial charge in [-0.25, -0.2) is 13.1 Å². The van der Waals surface area contributed by atoms with Gasteiger partial charge in [-0.1, -0.05) is 0 Å². The van der Waals surface area contributed by atoms with Crippen LogP contribution in [-0.4, -0.2) is 64.9 Å². The van der Waals surface area contributed by atoms with Gasteiger partial charge >= 0.3 is 0 Å². The lowest BCUT2D eigenvalue weighted by Crippen LogP contribution is -2.43. The highest BCUT2D eigenvalue weighted by molar-refractivity contribution is 7.88. The highest BCUT2D eigenvalue weighted by Gasteiger charge is 2.26. The number of amides is 1. The molecule has 1 unspecified atom stereocenters. The van der Waals surface area contributed by atoms with E-state index in [2.05, 4.69) is 14.9 Å². The molecule has 1 fully saturated rings. The zero-order chi connectivity index (χ0) is 20.9. The number of thiophene rings is 1. The van der Waals surface area contributed by atoms with Crippen LogP contribution in [0.15, 0.2) is 28.7 Å². The van der Waals surface area contributed by atoms with E-state index in [0.29, 0.717) is 37.6 Å². The number of hydrogen-bond donors (Lipinski definition) is 2. The fraction of sp³-hybridized carbons (Fsp3) is 0.526. The molecular weight excluding hydrogens is 414 g/mol. The molecule has 0 aliphatic carbocycles. The summed E-state index contributed by atoms with van der Waals surface area (Å²) in [6.07, 6.45) is 1.68. The van der Waals surface area contributed by atoms with Crippen molar-refractivity contribution in [3.05, 3.63) is 45.5 Å². The summed E-state index contributed by atoms with van der Waals surface area (Å²) in [5, 5.41) is 3.02. The van der Waals surface area contributed by atoms with Crippen LogP contribution in [0.3, 0.4) is 0 Å². The quantitative estimate of drug-likeness (QED) is 0.612. The lowest BCUT2D eigenvalue weighted by Gasteiger charge is -2.33.